The Hall–Kier alpha value is -1.57. The number of nitrogens with zero attached hydrogens (tertiary/aromatic N) is 1. The molecule has 0 atom stereocenters. The number of anilines is 1. The normalized spacial score (nSPS) is 19.1. The van der Waals surface area contributed by atoms with E-state index in [0.29, 0.717) is 11.8 Å². The van der Waals surface area contributed by atoms with Crippen LogP contribution in [0.4, 0.5) is 5.69 Å². The van der Waals surface area contributed by atoms with E-state index in [-0.39, 0.29) is 11.3 Å². The van der Waals surface area contributed by atoms with E-state index in [1.165, 1.54) is 41.6 Å². The van der Waals surface area contributed by atoms with E-state index in [1.54, 1.807) is 0 Å². The topological polar surface area (TPSA) is 20.3 Å². The molecular weight excluding hydrogens is 342 g/mol. The van der Waals surface area contributed by atoms with Crippen LogP contribution < -0.4 is 4.90 Å². The van der Waals surface area contributed by atoms with Gasteiger partial charge in [-0.15, -0.1) is 0 Å². The van der Waals surface area contributed by atoms with Crippen molar-refractivity contribution in [3.8, 4) is 0 Å². The van der Waals surface area contributed by atoms with Crippen LogP contribution in [0.1, 0.15) is 109 Å². The second-order valence-corrected chi connectivity index (χ2v) is 9.58. The molecule has 0 unspecified atom stereocenters. The Balaban J connectivity index is 2.18. The summed E-state index contributed by atoms with van der Waals surface area (Å²) in [6.07, 6.45) is 8.00. The average Bonchev–Trinajstić information content (AvgIpc) is 2.63. The van der Waals surface area contributed by atoms with Gasteiger partial charge < -0.3 is 4.90 Å². The maximum atomic E-state index is 13.8. The Morgan fingerprint density at radius 3 is 1.96 bits per heavy atom. The number of hydrogen-bond donors (Lipinski definition) is 0. The van der Waals surface area contributed by atoms with Crippen molar-refractivity contribution in [3.05, 3.63) is 40.5 Å². The highest BCUT2D eigenvalue weighted by Crippen LogP contribution is 2.54. The molecule has 1 spiro atoms. The lowest BCUT2D eigenvalue weighted by molar-refractivity contribution is -0.116. The highest BCUT2D eigenvalue weighted by molar-refractivity contribution is 6.08. The summed E-state index contributed by atoms with van der Waals surface area (Å²) in [5.41, 5.74) is 6.76. The molecule has 2 heteroatoms. The van der Waals surface area contributed by atoms with Crippen molar-refractivity contribution in [1.82, 2.24) is 0 Å². The van der Waals surface area contributed by atoms with Crippen molar-refractivity contribution < 1.29 is 4.79 Å². The van der Waals surface area contributed by atoms with E-state index in [2.05, 4.69) is 64.6 Å². The summed E-state index contributed by atoms with van der Waals surface area (Å²) in [4.78, 5) is 16.0. The molecule has 0 N–H and O–H groups in total. The zero-order valence-electron chi connectivity index (χ0n) is 18.9. The minimum atomic E-state index is 0.243. The van der Waals surface area contributed by atoms with Crippen molar-refractivity contribution in [2.24, 2.45) is 5.41 Å². The Morgan fingerprint density at radius 2 is 1.54 bits per heavy atom. The van der Waals surface area contributed by atoms with E-state index < -0.39 is 0 Å². The van der Waals surface area contributed by atoms with Gasteiger partial charge in [-0.05, 0) is 48.6 Å². The highest BCUT2D eigenvalue weighted by atomic mass is 16.2. The fourth-order valence-electron chi connectivity index (χ4n) is 5.32. The maximum absolute atomic E-state index is 13.8. The smallest absolute Gasteiger partial charge is 0.254 e. The van der Waals surface area contributed by atoms with Crippen molar-refractivity contribution in [1.29, 1.82) is 0 Å². The zero-order valence-corrected chi connectivity index (χ0v) is 18.9. The number of carbonyl (C=O) groups is 1. The molecule has 1 aromatic carbocycles. The number of carbonyl (C=O) groups excluding carboxylic acids is 1. The van der Waals surface area contributed by atoms with Crippen LogP contribution in [0, 0.1) is 5.41 Å². The van der Waals surface area contributed by atoms with Crippen molar-refractivity contribution in [2.45, 2.75) is 98.3 Å². The third-order valence-electron chi connectivity index (χ3n) is 6.89. The van der Waals surface area contributed by atoms with Crippen LogP contribution in [0.2, 0.25) is 0 Å². The van der Waals surface area contributed by atoms with Crippen LogP contribution in [0.5, 0.6) is 0 Å². The van der Waals surface area contributed by atoms with E-state index in [0.717, 1.165) is 37.8 Å². The molecule has 28 heavy (non-hydrogen) atoms. The van der Waals surface area contributed by atoms with Crippen LogP contribution in [-0.4, -0.2) is 12.5 Å². The fraction of sp³-hybridized carbons (Fsp3) is 0.654. The molecule has 3 rings (SSSR count). The predicted molar refractivity (Wildman–Crippen MR) is 120 cm³/mol. The largest absolute Gasteiger partial charge is 0.307 e. The van der Waals surface area contributed by atoms with Crippen LogP contribution in [0.3, 0.4) is 0 Å². The van der Waals surface area contributed by atoms with E-state index >= 15 is 0 Å². The first-order valence-electron chi connectivity index (χ1n) is 11.5. The first-order chi connectivity index (χ1) is 13.4. The molecule has 1 saturated carbocycles. The molecule has 1 fully saturated rings. The molecule has 0 radical (unpaired) electrons. The monoisotopic (exact) mass is 381 g/mol. The predicted octanol–water partition coefficient (Wildman–Crippen LogP) is 7.35. The van der Waals surface area contributed by atoms with Crippen molar-refractivity contribution >= 4 is 11.6 Å². The number of para-hydroxylation sites is 1. The van der Waals surface area contributed by atoms with Crippen molar-refractivity contribution in [2.75, 3.05) is 11.4 Å². The van der Waals surface area contributed by atoms with Gasteiger partial charge in [-0.2, -0.15) is 0 Å². The van der Waals surface area contributed by atoms with Gasteiger partial charge in [0, 0.05) is 17.5 Å². The van der Waals surface area contributed by atoms with Gasteiger partial charge in [0.2, 0.25) is 0 Å². The fourth-order valence-corrected chi connectivity index (χ4v) is 5.32. The summed E-state index contributed by atoms with van der Waals surface area (Å²) in [6, 6.07) is 6.64. The minimum Gasteiger partial charge on any atom is -0.307 e. The molecule has 1 aromatic rings. The summed E-state index contributed by atoms with van der Waals surface area (Å²) in [5.74, 6) is 1.11. The first-order valence-corrected chi connectivity index (χ1v) is 11.5. The zero-order chi connectivity index (χ0) is 20.5. The van der Waals surface area contributed by atoms with Gasteiger partial charge in [0.25, 0.3) is 5.91 Å². The number of amides is 1. The van der Waals surface area contributed by atoms with Crippen LogP contribution >= 0.6 is 0 Å². The Kier molecular flexibility index (Phi) is 6.37. The van der Waals surface area contributed by atoms with E-state index in [9.17, 15) is 4.79 Å². The Labute approximate surface area is 172 Å². The summed E-state index contributed by atoms with van der Waals surface area (Å²) < 4.78 is 0. The SMILES string of the molecule is CCCC1=C(CCC)C2(CCC2)CN(c2c(C(C)C)cccc2C(C)C)C1=O. The molecule has 1 aliphatic heterocycles. The molecule has 2 aliphatic rings. The molecule has 0 aromatic heterocycles. The third kappa shape index (κ3) is 3.55. The van der Waals surface area contributed by atoms with Gasteiger partial charge in [-0.25, -0.2) is 0 Å². The summed E-state index contributed by atoms with van der Waals surface area (Å²) in [5, 5.41) is 0. The number of rotatable bonds is 7. The van der Waals surface area contributed by atoms with Gasteiger partial charge in [-0.1, -0.05) is 84.6 Å². The lowest BCUT2D eigenvalue weighted by atomic mass is 9.59. The molecule has 0 saturated heterocycles. The van der Waals surface area contributed by atoms with Gasteiger partial charge in [0.1, 0.15) is 0 Å². The molecular formula is C26H39NO. The average molecular weight is 382 g/mol. The van der Waals surface area contributed by atoms with Crippen LogP contribution in [-0.2, 0) is 4.79 Å². The summed E-state index contributed by atoms with van der Waals surface area (Å²) in [6.45, 7) is 14.4. The maximum Gasteiger partial charge on any atom is 0.254 e. The Bertz CT molecular complexity index is 725. The van der Waals surface area contributed by atoms with Crippen molar-refractivity contribution in [3.63, 3.8) is 0 Å². The van der Waals surface area contributed by atoms with Crippen LogP contribution in [0.15, 0.2) is 29.3 Å². The number of hydrogen-bond acceptors (Lipinski definition) is 1. The third-order valence-corrected chi connectivity index (χ3v) is 6.89. The molecule has 154 valence electrons. The van der Waals surface area contributed by atoms with E-state index in [4.69, 9.17) is 0 Å². The minimum absolute atomic E-state index is 0.243. The van der Waals surface area contributed by atoms with Gasteiger partial charge >= 0.3 is 0 Å². The molecule has 1 aliphatic carbocycles. The molecule has 1 amide bonds. The molecule has 1 heterocycles. The Morgan fingerprint density at radius 1 is 0.964 bits per heavy atom. The lowest BCUT2D eigenvalue weighted by Crippen LogP contribution is -2.52. The second-order valence-electron chi connectivity index (χ2n) is 9.58. The first kappa shape index (κ1) is 21.1. The van der Waals surface area contributed by atoms with Gasteiger partial charge in [-0.3, -0.25) is 4.79 Å². The quantitative estimate of drug-likeness (QED) is 0.483. The summed E-state index contributed by atoms with van der Waals surface area (Å²) in [7, 11) is 0. The molecule has 2 nitrogen and oxygen atoms in total. The number of benzene rings is 1. The highest BCUT2D eigenvalue weighted by Gasteiger charge is 2.48. The molecule has 0 bridgehead atoms. The second kappa shape index (κ2) is 8.43. The van der Waals surface area contributed by atoms with Crippen LogP contribution in [0.25, 0.3) is 0 Å². The van der Waals surface area contributed by atoms with E-state index in [1.807, 2.05) is 0 Å². The standard InChI is InChI=1S/C26H39NO/c1-7-11-22-23(12-8-2)26(15-10-16-26)17-27(25(22)28)24-20(18(3)4)13-9-14-21(24)19(5)6/h9,13-14,18-19H,7-8,10-12,15-17H2,1-6H3. The summed E-state index contributed by atoms with van der Waals surface area (Å²) >= 11 is 0. The lowest BCUT2D eigenvalue weighted by Gasteiger charge is -2.52. The van der Waals surface area contributed by atoms with Gasteiger partial charge in [0.05, 0.1) is 5.69 Å². The van der Waals surface area contributed by atoms with Gasteiger partial charge in [0.15, 0.2) is 0 Å².